The molecular formula is C9H12N2O4. The minimum atomic E-state index is -1.17. The molecule has 0 fully saturated rings. The molecule has 0 aromatic carbocycles. The van der Waals surface area contributed by atoms with Gasteiger partial charge < -0.3 is 14.4 Å². The first-order chi connectivity index (χ1) is 6.99. The van der Waals surface area contributed by atoms with E-state index in [0.717, 1.165) is 0 Å². The third-order valence-electron chi connectivity index (χ3n) is 1.90. The maximum atomic E-state index is 11.3. The number of rotatable bonds is 3. The zero-order chi connectivity index (χ0) is 11.6. The van der Waals surface area contributed by atoms with E-state index in [1.807, 2.05) is 0 Å². The van der Waals surface area contributed by atoms with Gasteiger partial charge in [-0.05, 0) is 13.8 Å². The number of methoxy groups -OCH3 is 1. The number of carboxylic acids is 1. The Bertz CT molecular complexity index is 395. The minimum Gasteiger partial charge on any atom is -0.475 e. The highest BCUT2D eigenvalue weighted by Crippen LogP contribution is 2.14. The van der Waals surface area contributed by atoms with E-state index in [2.05, 4.69) is 9.72 Å². The molecular weight excluding hydrogens is 200 g/mol. The van der Waals surface area contributed by atoms with Crippen molar-refractivity contribution in [3.63, 3.8) is 0 Å². The summed E-state index contributed by atoms with van der Waals surface area (Å²) < 4.78 is 5.86. The summed E-state index contributed by atoms with van der Waals surface area (Å²) in [6, 6.07) is -0.173. The number of ether oxygens (including phenoxy) is 1. The monoisotopic (exact) mass is 212 g/mol. The highest BCUT2D eigenvalue weighted by molar-refractivity contribution is 5.91. The number of esters is 1. The smallest absolute Gasteiger partial charge is 0.372 e. The van der Waals surface area contributed by atoms with E-state index in [1.165, 1.54) is 17.9 Å². The van der Waals surface area contributed by atoms with Crippen LogP contribution in [0, 0.1) is 0 Å². The molecule has 0 spiro atoms. The number of imidazole rings is 1. The maximum absolute atomic E-state index is 11.3. The van der Waals surface area contributed by atoms with Crippen molar-refractivity contribution in [1.82, 2.24) is 9.55 Å². The van der Waals surface area contributed by atoms with Gasteiger partial charge in [0.05, 0.1) is 13.3 Å². The Balaban J connectivity index is 3.30. The Kier molecular flexibility index (Phi) is 3.08. The summed E-state index contributed by atoms with van der Waals surface area (Å²) in [6.45, 7) is 3.53. The van der Waals surface area contributed by atoms with Crippen LogP contribution in [-0.2, 0) is 4.74 Å². The fourth-order valence-electron chi connectivity index (χ4n) is 1.30. The summed E-state index contributed by atoms with van der Waals surface area (Å²) in [7, 11) is 1.24. The summed E-state index contributed by atoms with van der Waals surface area (Å²) in [6.07, 6.45) is 1.20. The second-order valence-electron chi connectivity index (χ2n) is 3.23. The summed E-state index contributed by atoms with van der Waals surface area (Å²) in [5.74, 6) is -1.92. The topological polar surface area (TPSA) is 81.4 Å². The molecule has 0 aliphatic carbocycles. The van der Waals surface area contributed by atoms with Gasteiger partial charge in [0.2, 0.25) is 5.82 Å². The molecule has 0 saturated carbocycles. The van der Waals surface area contributed by atoms with Gasteiger partial charge in [-0.3, -0.25) is 0 Å². The Morgan fingerprint density at radius 2 is 2.13 bits per heavy atom. The maximum Gasteiger partial charge on any atom is 0.372 e. The van der Waals surface area contributed by atoms with E-state index in [9.17, 15) is 9.59 Å². The van der Waals surface area contributed by atoms with Gasteiger partial charge in [0.25, 0.3) is 0 Å². The predicted octanol–water partition coefficient (Wildman–Crippen LogP) is 0.949. The van der Waals surface area contributed by atoms with Crippen molar-refractivity contribution in [2.24, 2.45) is 0 Å². The van der Waals surface area contributed by atoms with E-state index < -0.39 is 11.9 Å². The quantitative estimate of drug-likeness (QED) is 0.754. The van der Waals surface area contributed by atoms with Gasteiger partial charge in [-0.2, -0.15) is 0 Å². The molecule has 0 bridgehead atoms. The molecule has 0 atom stereocenters. The van der Waals surface area contributed by atoms with Crippen molar-refractivity contribution in [2.45, 2.75) is 19.9 Å². The van der Waals surface area contributed by atoms with Crippen molar-refractivity contribution in [3.05, 3.63) is 17.7 Å². The predicted molar refractivity (Wildman–Crippen MR) is 50.9 cm³/mol. The Hall–Kier alpha value is -1.85. The molecule has 1 rings (SSSR count). The first-order valence-corrected chi connectivity index (χ1v) is 4.37. The lowest BCUT2D eigenvalue weighted by Crippen LogP contribution is -2.17. The molecule has 82 valence electrons. The summed E-state index contributed by atoms with van der Waals surface area (Å²) in [5.41, 5.74) is 0.143. The largest absolute Gasteiger partial charge is 0.475 e. The van der Waals surface area contributed by atoms with Crippen molar-refractivity contribution < 1.29 is 19.4 Å². The molecule has 15 heavy (non-hydrogen) atoms. The number of nitrogens with zero attached hydrogens (tertiary/aromatic N) is 2. The molecule has 1 aromatic heterocycles. The standard InChI is InChI=1S/C9H12N2O4/c1-5(2)11-6(9(14)15-3)4-10-7(11)8(12)13/h4-5H,1-3H3,(H,12,13). The van der Waals surface area contributed by atoms with Gasteiger partial charge >= 0.3 is 11.9 Å². The molecule has 0 radical (unpaired) electrons. The van der Waals surface area contributed by atoms with Gasteiger partial charge in [-0.15, -0.1) is 0 Å². The summed E-state index contributed by atoms with van der Waals surface area (Å²) >= 11 is 0. The fourth-order valence-corrected chi connectivity index (χ4v) is 1.30. The van der Waals surface area contributed by atoms with Crippen LogP contribution in [-0.4, -0.2) is 33.7 Å². The summed E-state index contributed by atoms with van der Waals surface area (Å²) in [5, 5.41) is 8.85. The molecule has 1 heterocycles. The number of hydrogen-bond acceptors (Lipinski definition) is 4. The van der Waals surface area contributed by atoms with Crippen LogP contribution in [0.4, 0.5) is 0 Å². The SMILES string of the molecule is COC(=O)c1cnc(C(=O)O)n1C(C)C. The molecule has 0 aliphatic heterocycles. The first-order valence-electron chi connectivity index (χ1n) is 4.37. The number of carboxylic acid groups (broad SMARTS) is 1. The van der Waals surface area contributed by atoms with Gasteiger partial charge in [0, 0.05) is 6.04 Å². The summed E-state index contributed by atoms with van der Waals surface area (Å²) in [4.78, 5) is 25.8. The van der Waals surface area contributed by atoms with E-state index >= 15 is 0 Å². The van der Waals surface area contributed by atoms with Gasteiger partial charge in [0.1, 0.15) is 5.69 Å². The van der Waals surface area contributed by atoms with Crippen LogP contribution < -0.4 is 0 Å². The third kappa shape index (κ3) is 1.98. The highest BCUT2D eigenvalue weighted by Gasteiger charge is 2.22. The second-order valence-corrected chi connectivity index (χ2v) is 3.23. The fraction of sp³-hybridized carbons (Fsp3) is 0.444. The number of hydrogen-bond donors (Lipinski definition) is 1. The highest BCUT2D eigenvalue weighted by atomic mass is 16.5. The minimum absolute atomic E-state index is 0.143. The van der Waals surface area contributed by atoms with E-state index in [4.69, 9.17) is 5.11 Å². The second kappa shape index (κ2) is 4.12. The van der Waals surface area contributed by atoms with Crippen LogP contribution in [0.2, 0.25) is 0 Å². The van der Waals surface area contributed by atoms with Crippen molar-refractivity contribution >= 4 is 11.9 Å². The van der Waals surface area contributed by atoms with E-state index in [0.29, 0.717) is 0 Å². The Labute approximate surface area is 86.5 Å². The normalized spacial score (nSPS) is 10.4. The Morgan fingerprint density at radius 1 is 1.53 bits per heavy atom. The third-order valence-corrected chi connectivity index (χ3v) is 1.90. The number of carbonyl (C=O) groups excluding carboxylic acids is 1. The van der Waals surface area contributed by atoms with Crippen LogP contribution in [0.15, 0.2) is 6.20 Å². The lowest BCUT2D eigenvalue weighted by molar-refractivity contribution is 0.0585. The molecule has 1 aromatic rings. The zero-order valence-corrected chi connectivity index (χ0v) is 8.72. The molecule has 0 aliphatic rings. The average Bonchev–Trinajstić information content (AvgIpc) is 2.60. The van der Waals surface area contributed by atoms with E-state index in [1.54, 1.807) is 13.8 Å². The van der Waals surface area contributed by atoms with Crippen molar-refractivity contribution in [1.29, 1.82) is 0 Å². The Morgan fingerprint density at radius 3 is 2.53 bits per heavy atom. The van der Waals surface area contributed by atoms with Crippen LogP contribution in [0.1, 0.15) is 41.0 Å². The molecule has 0 unspecified atom stereocenters. The number of carbonyl (C=O) groups is 2. The van der Waals surface area contributed by atoms with Gasteiger partial charge in [0.15, 0.2) is 0 Å². The number of aromatic nitrogens is 2. The molecule has 6 heteroatoms. The van der Waals surface area contributed by atoms with Crippen molar-refractivity contribution in [3.8, 4) is 0 Å². The molecule has 0 saturated heterocycles. The first kappa shape index (κ1) is 11.2. The van der Waals surface area contributed by atoms with Crippen LogP contribution in [0.5, 0.6) is 0 Å². The van der Waals surface area contributed by atoms with Gasteiger partial charge in [-0.1, -0.05) is 0 Å². The zero-order valence-electron chi connectivity index (χ0n) is 8.72. The van der Waals surface area contributed by atoms with Crippen LogP contribution >= 0.6 is 0 Å². The van der Waals surface area contributed by atoms with Gasteiger partial charge in [-0.25, -0.2) is 14.6 Å². The number of aromatic carboxylic acids is 1. The molecule has 6 nitrogen and oxygen atoms in total. The lowest BCUT2D eigenvalue weighted by atomic mass is 10.3. The van der Waals surface area contributed by atoms with Crippen molar-refractivity contribution in [2.75, 3.05) is 7.11 Å². The van der Waals surface area contributed by atoms with Crippen LogP contribution in [0.25, 0.3) is 0 Å². The molecule has 1 N–H and O–H groups in total. The average molecular weight is 212 g/mol. The molecule has 0 amide bonds. The van der Waals surface area contributed by atoms with E-state index in [-0.39, 0.29) is 17.6 Å². The lowest BCUT2D eigenvalue weighted by Gasteiger charge is -2.12. The van der Waals surface area contributed by atoms with Crippen LogP contribution in [0.3, 0.4) is 0 Å².